The van der Waals surface area contributed by atoms with Crippen LogP contribution in [-0.2, 0) is 17.2 Å². The van der Waals surface area contributed by atoms with Crippen molar-refractivity contribution in [1.82, 2.24) is 5.32 Å². The van der Waals surface area contributed by atoms with Crippen LogP contribution in [0.2, 0.25) is 0 Å². The van der Waals surface area contributed by atoms with Gasteiger partial charge in [-0.25, -0.2) is 0 Å². The highest BCUT2D eigenvalue weighted by atomic mass is 79.9. The zero-order valence-electron chi connectivity index (χ0n) is 10.9. The largest absolute Gasteiger partial charge is 0.307 e. The fourth-order valence-electron chi connectivity index (χ4n) is 2.55. The lowest BCUT2D eigenvalue weighted by atomic mass is 10.1. The van der Waals surface area contributed by atoms with Crippen molar-refractivity contribution < 1.29 is 4.21 Å². The number of halogens is 1. The minimum Gasteiger partial charge on any atom is -0.307 e. The maximum Gasteiger partial charge on any atom is 0.0328 e. The van der Waals surface area contributed by atoms with E-state index >= 15 is 0 Å². The van der Waals surface area contributed by atoms with Crippen LogP contribution in [-0.4, -0.2) is 22.3 Å². The Morgan fingerprint density at radius 1 is 1.56 bits per heavy atom. The van der Waals surface area contributed by atoms with Crippen molar-refractivity contribution in [1.29, 1.82) is 0 Å². The number of hydrogen-bond acceptors (Lipinski definition) is 2. The molecule has 1 aromatic carbocycles. The molecule has 100 valence electrons. The van der Waals surface area contributed by atoms with E-state index in [1.54, 1.807) is 6.26 Å². The highest BCUT2D eigenvalue weighted by molar-refractivity contribution is 9.10. The standard InChI is InChI=1S/C14H20BrNOS/c1-10(8-9-18(2)17)16-14-7-6-11-12(14)4-3-5-13(11)15/h3-5,10,14,16H,6-9H2,1-2H3. The SMILES string of the molecule is CC(CCS(C)=O)NC1CCc2c(Br)cccc21. The molecule has 1 N–H and O–H groups in total. The smallest absolute Gasteiger partial charge is 0.0328 e. The van der Waals surface area contributed by atoms with E-state index < -0.39 is 10.8 Å². The summed E-state index contributed by atoms with van der Waals surface area (Å²) < 4.78 is 12.3. The summed E-state index contributed by atoms with van der Waals surface area (Å²) in [6, 6.07) is 7.32. The van der Waals surface area contributed by atoms with Crippen molar-refractivity contribution in [2.45, 2.75) is 38.3 Å². The Kier molecular flexibility index (Phi) is 4.98. The molecular weight excluding hydrogens is 310 g/mol. The van der Waals surface area contributed by atoms with E-state index in [0.717, 1.165) is 25.0 Å². The molecule has 1 aliphatic carbocycles. The topological polar surface area (TPSA) is 29.1 Å². The predicted molar refractivity (Wildman–Crippen MR) is 81.4 cm³/mol. The first-order valence-corrected chi connectivity index (χ1v) is 8.93. The minimum absolute atomic E-state index is 0.420. The van der Waals surface area contributed by atoms with Gasteiger partial charge in [0.05, 0.1) is 0 Å². The molecule has 4 heteroatoms. The minimum atomic E-state index is -0.686. The molecular formula is C14H20BrNOS. The van der Waals surface area contributed by atoms with Gasteiger partial charge in [-0.05, 0) is 43.4 Å². The Hall–Kier alpha value is -0.190. The van der Waals surface area contributed by atoms with Gasteiger partial charge in [-0.15, -0.1) is 0 Å². The summed E-state index contributed by atoms with van der Waals surface area (Å²) in [5.74, 6) is 0.784. The molecule has 0 aliphatic heterocycles. The fourth-order valence-corrected chi connectivity index (χ4v) is 3.82. The Labute approximate surface area is 120 Å². The lowest BCUT2D eigenvalue weighted by molar-refractivity contribution is 0.446. The van der Waals surface area contributed by atoms with E-state index in [4.69, 9.17) is 0 Å². The van der Waals surface area contributed by atoms with Crippen molar-refractivity contribution in [3.63, 3.8) is 0 Å². The van der Waals surface area contributed by atoms with E-state index in [0.29, 0.717) is 12.1 Å². The van der Waals surface area contributed by atoms with Crippen LogP contribution in [0, 0.1) is 0 Å². The number of hydrogen-bond donors (Lipinski definition) is 1. The lowest BCUT2D eigenvalue weighted by Crippen LogP contribution is -2.30. The zero-order valence-corrected chi connectivity index (χ0v) is 13.3. The highest BCUT2D eigenvalue weighted by Gasteiger charge is 2.24. The van der Waals surface area contributed by atoms with Gasteiger partial charge in [0.2, 0.25) is 0 Å². The number of nitrogens with one attached hydrogen (secondary N) is 1. The van der Waals surface area contributed by atoms with Crippen LogP contribution in [0.25, 0.3) is 0 Å². The molecule has 0 amide bonds. The summed E-state index contributed by atoms with van der Waals surface area (Å²) in [7, 11) is -0.686. The van der Waals surface area contributed by atoms with Crippen LogP contribution in [0.5, 0.6) is 0 Å². The summed E-state index contributed by atoms with van der Waals surface area (Å²) in [5, 5.41) is 3.66. The highest BCUT2D eigenvalue weighted by Crippen LogP contribution is 2.35. The average molecular weight is 330 g/mol. The van der Waals surface area contributed by atoms with Crippen LogP contribution in [0.3, 0.4) is 0 Å². The van der Waals surface area contributed by atoms with Crippen molar-refractivity contribution in [3.8, 4) is 0 Å². The van der Waals surface area contributed by atoms with E-state index in [1.807, 2.05) is 0 Å². The number of benzene rings is 1. The first kappa shape index (κ1) is 14.2. The van der Waals surface area contributed by atoms with Gasteiger partial charge in [0.25, 0.3) is 0 Å². The lowest BCUT2D eigenvalue weighted by Gasteiger charge is -2.20. The second kappa shape index (κ2) is 6.31. The molecule has 0 heterocycles. The van der Waals surface area contributed by atoms with Gasteiger partial charge in [0, 0.05) is 39.4 Å². The third-order valence-corrected chi connectivity index (χ3v) is 5.09. The predicted octanol–water partition coefficient (Wildman–Crippen LogP) is 3.18. The first-order chi connectivity index (χ1) is 8.58. The Balaban J connectivity index is 1.97. The fraction of sp³-hybridized carbons (Fsp3) is 0.571. The average Bonchev–Trinajstić information content (AvgIpc) is 2.72. The monoisotopic (exact) mass is 329 g/mol. The molecule has 0 saturated heterocycles. The molecule has 0 aromatic heterocycles. The van der Waals surface area contributed by atoms with Gasteiger partial charge < -0.3 is 5.32 Å². The second-order valence-corrected chi connectivity index (χ2v) is 7.44. The maximum atomic E-state index is 11.1. The summed E-state index contributed by atoms with van der Waals surface area (Å²) in [6.45, 7) is 2.18. The molecule has 3 unspecified atom stereocenters. The molecule has 18 heavy (non-hydrogen) atoms. The Morgan fingerprint density at radius 3 is 3.06 bits per heavy atom. The summed E-state index contributed by atoms with van der Waals surface area (Å²) in [5.41, 5.74) is 2.87. The molecule has 0 spiro atoms. The van der Waals surface area contributed by atoms with Gasteiger partial charge in [-0.3, -0.25) is 4.21 Å². The molecule has 1 aromatic rings. The van der Waals surface area contributed by atoms with Gasteiger partial charge >= 0.3 is 0 Å². The molecule has 0 bridgehead atoms. The van der Waals surface area contributed by atoms with E-state index in [1.165, 1.54) is 15.6 Å². The van der Waals surface area contributed by atoms with Gasteiger partial charge in [-0.1, -0.05) is 28.1 Å². The molecule has 3 atom stereocenters. The zero-order chi connectivity index (χ0) is 13.1. The van der Waals surface area contributed by atoms with Gasteiger partial charge in [-0.2, -0.15) is 0 Å². The molecule has 2 nitrogen and oxygen atoms in total. The molecule has 0 fully saturated rings. The number of fused-ring (bicyclic) bond motifs is 1. The van der Waals surface area contributed by atoms with Crippen LogP contribution in [0.4, 0.5) is 0 Å². The van der Waals surface area contributed by atoms with Crippen molar-refractivity contribution in [2.75, 3.05) is 12.0 Å². The van der Waals surface area contributed by atoms with E-state index in [2.05, 4.69) is 46.4 Å². The third kappa shape index (κ3) is 3.43. The van der Waals surface area contributed by atoms with E-state index in [9.17, 15) is 4.21 Å². The molecule has 1 aliphatic rings. The Bertz CT molecular complexity index is 449. The van der Waals surface area contributed by atoms with Crippen LogP contribution < -0.4 is 5.32 Å². The van der Waals surface area contributed by atoms with Crippen LogP contribution in [0.1, 0.15) is 36.9 Å². The van der Waals surface area contributed by atoms with Crippen molar-refractivity contribution in [2.24, 2.45) is 0 Å². The Morgan fingerprint density at radius 2 is 2.33 bits per heavy atom. The van der Waals surface area contributed by atoms with Crippen molar-refractivity contribution >= 4 is 26.7 Å². The normalized spacial score (nSPS) is 21.6. The van der Waals surface area contributed by atoms with Crippen molar-refractivity contribution in [3.05, 3.63) is 33.8 Å². The first-order valence-electron chi connectivity index (χ1n) is 6.41. The maximum absolute atomic E-state index is 11.1. The molecule has 0 saturated carbocycles. The van der Waals surface area contributed by atoms with Crippen LogP contribution >= 0.6 is 15.9 Å². The molecule has 2 rings (SSSR count). The quantitative estimate of drug-likeness (QED) is 0.898. The summed E-state index contributed by atoms with van der Waals surface area (Å²) >= 11 is 3.62. The summed E-state index contributed by atoms with van der Waals surface area (Å²) in [6.07, 6.45) is 5.05. The van der Waals surface area contributed by atoms with Gasteiger partial charge in [0.15, 0.2) is 0 Å². The van der Waals surface area contributed by atoms with Gasteiger partial charge in [0.1, 0.15) is 0 Å². The molecule has 0 radical (unpaired) electrons. The van der Waals surface area contributed by atoms with Crippen LogP contribution in [0.15, 0.2) is 22.7 Å². The van der Waals surface area contributed by atoms with E-state index in [-0.39, 0.29) is 0 Å². The third-order valence-electron chi connectivity index (χ3n) is 3.54. The number of rotatable bonds is 5. The summed E-state index contributed by atoms with van der Waals surface area (Å²) in [4.78, 5) is 0. The second-order valence-electron chi connectivity index (χ2n) is 5.03.